The molecule has 7 nitrogen and oxygen atoms in total. The van der Waals surface area contributed by atoms with Gasteiger partial charge in [-0.2, -0.15) is 18.4 Å². The molecule has 0 saturated carbocycles. The third kappa shape index (κ3) is 5.17. The van der Waals surface area contributed by atoms with Crippen molar-refractivity contribution in [3.63, 3.8) is 0 Å². The van der Waals surface area contributed by atoms with Gasteiger partial charge in [0.05, 0.1) is 17.7 Å². The van der Waals surface area contributed by atoms with Crippen molar-refractivity contribution in [2.75, 3.05) is 18.0 Å². The number of benzene rings is 1. The van der Waals surface area contributed by atoms with Crippen LogP contribution in [0.4, 0.5) is 19.0 Å². The Morgan fingerprint density at radius 2 is 2.03 bits per heavy atom. The van der Waals surface area contributed by atoms with Gasteiger partial charge in [0.15, 0.2) is 0 Å². The number of alkyl halides is 3. The number of nitrogens with one attached hydrogen (secondary N) is 1. The number of aliphatic hydroxyl groups is 1. The van der Waals surface area contributed by atoms with E-state index in [1.54, 1.807) is 24.3 Å². The van der Waals surface area contributed by atoms with Crippen LogP contribution in [0.25, 0.3) is 0 Å². The minimum Gasteiger partial charge on any atom is -0.391 e. The zero-order valence-electron chi connectivity index (χ0n) is 15.5. The zero-order valence-corrected chi connectivity index (χ0v) is 16.3. The molecule has 1 aromatic heterocycles. The third-order valence-electron chi connectivity index (χ3n) is 4.61. The van der Waals surface area contributed by atoms with Gasteiger partial charge in [0.1, 0.15) is 17.0 Å². The van der Waals surface area contributed by atoms with Gasteiger partial charge in [0, 0.05) is 25.6 Å². The number of carbonyl (C=O) groups excluding carboxylic acids is 1. The fourth-order valence-electron chi connectivity index (χ4n) is 3.19. The average Bonchev–Trinajstić information content (AvgIpc) is 3.09. The summed E-state index contributed by atoms with van der Waals surface area (Å²) in [7, 11) is 0. The monoisotopic (exact) mass is 439 g/mol. The largest absolute Gasteiger partial charge is 0.451 e. The van der Waals surface area contributed by atoms with E-state index in [0.717, 1.165) is 11.6 Å². The molecule has 1 amide bonds. The number of halogens is 4. The molecule has 1 aromatic carbocycles. The molecule has 158 valence electrons. The first-order chi connectivity index (χ1) is 14.2. The Labute approximate surface area is 175 Å². The van der Waals surface area contributed by atoms with Gasteiger partial charge in [-0.05, 0) is 24.1 Å². The second-order valence-electron chi connectivity index (χ2n) is 6.78. The van der Waals surface area contributed by atoms with Crippen molar-refractivity contribution in [3.8, 4) is 6.07 Å². The maximum Gasteiger partial charge on any atom is 0.451 e. The third-order valence-corrected chi connectivity index (χ3v) is 4.80. The maximum absolute atomic E-state index is 13.0. The molecule has 1 fully saturated rings. The van der Waals surface area contributed by atoms with E-state index in [1.165, 1.54) is 4.90 Å². The van der Waals surface area contributed by atoms with Gasteiger partial charge < -0.3 is 15.3 Å². The highest BCUT2D eigenvalue weighted by atomic mass is 35.5. The van der Waals surface area contributed by atoms with E-state index in [9.17, 15) is 23.1 Å². The topological polar surface area (TPSA) is 102 Å². The number of aromatic nitrogens is 2. The van der Waals surface area contributed by atoms with Crippen LogP contribution in [0.5, 0.6) is 0 Å². The molecule has 30 heavy (non-hydrogen) atoms. The lowest BCUT2D eigenvalue weighted by molar-refractivity contribution is -0.144. The molecule has 0 unspecified atom stereocenters. The van der Waals surface area contributed by atoms with Crippen LogP contribution in [-0.4, -0.2) is 46.2 Å². The number of aliphatic hydroxyl groups excluding tert-OH is 1. The maximum atomic E-state index is 13.0. The summed E-state index contributed by atoms with van der Waals surface area (Å²) < 4.78 is 39.0. The number of hydrogen-bond donors (Lipinski definition) is 2. The molecular weight excluding hydrogens is 423 g/mol. The standard InChI is InChI=1S/C19H17ClF3N5O2/c20-15-8-16(27-18(26-15)19(21,22)23)28-10-13(29)7-14(28)17(30)25-6-5-11-1-3-12(9-24)4-2-11/h1-4,8,13-14,29H,5-7,10H2,(H,25,30)/t13-,14-/m0/s1. The normalized spacial score (nSPS) is 18.9. The molecule has 2 atom stereocenters. The van der Waals surface area contributed by atoms with E-state index in [4.69, 9.17) is 16.9 Å². The SMILES string of the molecule is N#Cc1ccc(CCNC(=O)[C@@H]2C[C@H](O)CN2c2cc(Cl)nc(C(F)(F)F)n2)cc1. The van der Waals surface area contributed by atoms with E-state index in [0.29, 0.717) is 12.0 Å². The molecule has 11 heteroatoms. The van der Waals surface area contributed by atoms with Gasteiger partial charge in [0.25, 0.3) is 0 Å². The average molecular weight is 440 g/mol. The highest BCUT2D eigenvalue weighted by molar-refractivity contribution is 6.29. The van der Waals surface area contributed by atoms with Crippen LogP contribution in [0.1, 0.15) is 23.4 Å². The molecule has 0 aliphatic carbocycles. The Morgan fingerprint density at radius 1 is 1.33 bits per heavy atom. The van der Waals surface area contributed by atoms with Gasteiger partial charge >= 0.3 is 6.18 Å². The van der Waals surface area contributed by atoms with Crippen molar-refractivity contribution in [1.29, 1.82) is 5.26 Å². The number of hydrogen-bond acceptors (Lipinski definition) is 6. The van der Waals surface area contributed by atoms with Crippen molar-refractivity contribution < 1.29 is 23.1 Å². The van der Waals surface area contributed by atoms with E-state index >= 15 is 0 Å². The van der Waals surface area contributed by atoms with Crippen LogP contribution in [0, 0.1) is 11.3 Å². The van der Waals surface area contributed by atoms with E-state index in [1.807, 2.05) is 6.07 Å². The summed E-state index contributed by atoms with van der Waals surface area (Å²) in [5.74, 6) is -2.03. The number of nitrogens with zero attached hydrogens (tertiary/aromatic N) is 4. The molecule has 0 radical (unpaired) electrons. The summed E-state index contributed by atoms with van der Waals surface area (Å²) in [5, 5.41) is 21.1. The summed E-state index contributed by atoms with van der Waals surface area (Å²) in [6, 6.07) is 9.14. The molecule has 0 bridgehead atoms. The number of amides is 1. The lowest BCUT2D eigenvalue weighted by Crippen LogP contribution is -2.44. The fraction of sp³-hybridized carbons (Fsp3) is 0.368. The second kappa shape index (κ2) is 8.85. The van der Waals surface area contributed by atoms with E-state index in [2.05, 4.69) is 15.3 Å². The summed E-state index contributed by atoms with van der Waals surface area (Å²) in [4.78, 5) is 20.6. The molecule has 2 aromatic rings. The van der Waals surface area contributed by atoms with E-state index < -0.39 is 35.2 Å². The van der Waals surface area contributed by atoms with Crippen molar-refractivity contribution in [1.82, 2.24) is 15.3 Å². The summed E-state index contributed by atoms with van der Waals surface area (Å²) in [5.41, 5.74) is 1.44. The Kier molecular flexibility index (Phi) is 6.43. The minimum atomic E-state index is -4.79. The molecule has 2 N–H and O–H groups in total. The molecule has 1 aliphatic rings. The van der Waals surface area contributed by atoms with Crippen LogP contribution in [0.3, 0.4) is 0 Å². The van der Waals surface area contributed by atoms with Crippen molar-refractivity contribution >= 4 is 23.3 Å². The predicted octanol–water partition coefficient (Wildman–Crippen LogP) is 2.32. The van der Waals surface area contributed by atoms with Crippen LogP contribution in [0.15, 0.2) is 30.3 Å². The van der Waals surface area contributed by atoms with E-state index in [-0.39, 0.29) is 25.3 Å². The van der Waals surface area contributed by atoms with Crippen LogP contribution in [-0.2, 0) is 17.4 Å². The van der Waals surface area contributed by atoms with Crippen molar-refractivity contribution in [2.24, 2.45) is 0 Å². The number of β-amino-alcohol motifs (C(OH)–C–C–N with tert-alkyl or cyclic N) is 1. The molecule has 1 aliphatic heterocycles. The summed E-state index contributed by atoms with van der Waals surface area (Å²) in [6.45, 7) is 0.224. The van der Waals surface area contributed by atoms with Crippen LogP contribution < -0.4 is 10.2 Å². The Bertz CT molecular complexity index is 962. The highest BCUT2D eigenvalue weighted by Gasteiger charge is 2.40. The minimum absolute atomic E-state index is 0.0473. The van der Waals surface area contributed by atoms with Gasteiger partial charge in [-0.3, -0.25) is 4.79 Å². The van der Waals surface area contributed by atoms with Gasteiger partial charge in [0.2, 0.25) is 11.7 Å². The second-order valence-corrected chi connectivity index (χ2v) is 7.16. The van der Waals surface area contributed by atoms with Crippen LogP contribution >= 0.6 is 11.6 Å². The summed E-state index contributed by atoms with van der Waals surface area (Å²) in [6.07, 6.45) is -5.14. The lowest BCUT2D eigenvalue weighted by Gasteiger charge is -2.25. The quantitative estimate of drug-likeness (QED) is 0.693. The molecule has 0 spiro atoms. The number of carbonyl (C=O) groups is 1. The lowest BCUT2D eigenvalue weighted by atomic mass is 10.1. The molecule has 1 saturated heterocycles. The number of rotatable bonds is 5. The Hall–Kier alpha value is -2.90. The molecular formula is C19H17ClF3N5O2. The van der Waals surface area contributed by atoms with Crippen LogP contribution in [0.2, 0.25) is 5.15 Å². The molecule has 3 rings (SSSR count). The Morgan fingerprint density at radius 3 is 2.67 bits per heavy atom. The highest BCUT2D eigenvalue weighted by Crippen LogP contribution is 2.31. The predicted molar refractivity (Wildman–Crippen MR) is 102 cm³/mol. The van der Waals surface area contributed by atoms with Gasteiger partial charge in [-0.15, -0.1) is 0 Å². The summed E-state index contributed by atoms with van der Waals surface area (Å²) >= 11 is 5.71. The Balaban J connectivity index is 1.69. The zero-order chi connectivity index (χ0) is 21.9. The first kappa shape index (κ1) is 21.8. The molecule has 2 heterocycles. The fourth-order valence-corrected chi connectivity index (χ4v) is 3.37. The van der Waals surface area contributed by atoms with Gasteiger partial charge in [-0.1, -0.05) is 23.7 Å². The smallest absolute Gasteiger partial charge is 0.391 e. The van der Waals surface area contributed by atoms with Gasteiger partial charge in [-0.25, -0.2) is 9.97 Å². The van der Waals surface area contributed by atoms with Crippen molar-refractivity contribution in [3.05, 3.63) is 52.4 Å². The number of nitriles is 1. The van der Waals surface area contributed by atoms with Crippen molar-refractivity contribution in [2.45, 2.75) is 31.2 Å². The first-order valence-corrected chi connectivity index (χ1v) is 9.38. The first-order valence-electron chi connectivity index (χ1n) is 9.00. The number of anilines is 1.